The molecule has 0 fully saturated rings. The van der Waals surface area contributed by atoms with E-state index in [2.05, 4.69) is 6.58 Å². The third kappa shape index (κ3) is 3.39. The molecule has 0 aliphatic carbocycles. The van der Waals surface area contributed by atoms with Gasteiger partial charge in [-0.05, 0) is 18.6 Å². The van der Waals surface area contributed by atoms with Crippen LogP contribution >= 0.6 is 0 Å². The Hall–Kier alpha value is -1.83. The van der Waals surface area contributed by atoms with Gasteiger partial charge in [-0.2, -0.15) is 0 Å². The van der Waals surface area contributed by atoms with Gasteiger partial charge in [0.05, 0.1) is 6.54 Å². The molecule has 0 radical (unpaired) electrons. The molecule has 0 spiro atoms. The number of carbonyl (C=O) groups is 1. The van der Waals surface area contributed by atoms with Crippen LogP contribution in [0.1, 0.15) is 19.4 Å². The summed E-state index contributed by atoms with van der Waals surface area (Å²) in [5.74, 6) is 0.0412. The quantitative estimate of drug-likeness (QED) is 0.707. The van der Waals surface area contributed by atoms with Gasteiger partial charge in [-0.3, -0.25) is 4.79 Å². The first kappa shape index (κ1) is 12.2. The Bertz CT molecular complexity index is 392. The molecule has 0 aliphatic heterocycles. The summed E-state index contributed by atoms with van der Waals surface area (Å²) in [6.07, 6.45) is 3.53. The Morgan fingerprint density at radius 3 is 2.44 bits per heavy atom. The molecule has 16 heavy (non-hydrogen) atoms. The highest BCUT2D eigenvalue weighted by molar-refractivity contribution is 5.75. The topological polar surface area (TPSA) is 20.3 Å². The average molecular weight is 215 g/mol. The summed E-state index contributed by atoms with van der Waals surface area (Å²) in [6.45, 7) is 7.72. The second-order valence-electron chi connectivity index (χ2n) is 3.63. The van der Waals surface area contributed by atoms with Crippen LogP contribution in [0.15, 0.2) is 54.8 Å². The molecule has 0 N–H and O–H groups in total. The molecule has 1 aromatic carbocycles. The molecule has 84 valence electrons. The Labute approximate surface area is 96.9 Å². The minimum atomic E-state index is 0.0412. The Kier molecular flexibility index (Phi) is 4.52. The van der Waals surface area contributed by atoms with Gasteiger partial charge >= 0.3 is 0 Å². The third-order valence-corrected chi connectivity index (χ3v) is 2.35. The van der Waals surface area contributed by atoms with Crippen LogP contribution in [-0.4, -0.2) is 10.8 Å². The van der Waals surface area contributed by atoms with Crippen molar-refractivity contribution in [3.8, 4) is 0 Å². The monoisotopic (exact) mass is 215 g/mol. The van der Waals surface area contributed by atoms with Gasteiger partial charge in [0.2, 0.25) is 5.91 Å². The third-order valence-electron chi connectivity index (χ3n) is 2.35. The molecular weight excluding hydrogens is 198 g/mol. The molecule has 0 aliphatic rings. The van der Waals surface area contributed by atoms with E-state index in [-0.39, 0.29) is 5.91 Å². The minimum absolute atomic E-state index is 0.0412. The molecule has 0 atom stereocenters. The van der Waals surface area contributed by atoms with E-state index in [1.165, 1.54) is 0 Å². The van der Waals surface area contributed by atoms with Crippen LogP contribution in [0.3, 0.4) is 0 Å². The molecule has 2 nitrogen and oxygen atoms in total. The molecule has 1 rings (SSSR count). The molecule has 0 heterocycles. The highest BCUT2D eigenvalue weighted by atomic mass is 16.2. The molecule has 0 aromatic heterocycles. The summed E-state index contributed by atoms with van der Waals surface area (Å²) < 4.78 is 0. The lowest BCUT2D eigenvalue weighted by atomic mass is 10.2. The average Bonchev–Trinajstić information content (AvgIpc) is 2.27. The van der Waals surface area contributed by atoms with Crippen LogP contribution in [0, 0.1) is 0 Å². The van der Waals surface area contributed by atoms with E-state index < -0.39 is 0 Å². The Morgan fingerprint density at radius 2 is 1.94 bits per heavy atom. The van der Waals surface area contributed by atoms with Crippen molar-refractivity contribution in [2.24, 2.45) is 0 Å². The first-order valence-corrected chi connectivity index (χ1v) is 5.26. The van der Waals surface area contributed by atoms with Crippen molar-refractivity contribution < 1.29 is 4.79 Å². The zero-order valence-electron chi connectivity index (χ0n) is 9.81. The largest absolute Gasteiger partial charge is 0.312 e. The van der Waals surface area contributed by atoms with Crippen LogP contribution < -0.4 is 0 Å². The Balaban J connectivity index is 2.85. The van der Waals surface area contributed by atoms with Crippen molar-refractivity contribution in [2.45, 2.75) is 20.4 Å². The Morgan fingerprint density at radius 1 is 1.31 bits per heavy atom. The highest BCUT2D eigenvalue weighted by Crippen LogP contribution is 2.11. The normalized spacial score (nSPS) is 11.0. The molecule has 0 bridgehead atoms. The lowest BCUT2D eigenvalue weighted by Crippen LogP contribution is -2.26. The smallest absolute Gasteiger partial charge is 0.223 e. The molecule has 0 unspecified atom stereocenters. The zero-order valence-corrected chi connectivity index (χ0v) is 9.81. The van der Waals surface area contributed by atoms with Crippen LogP contribution in [-0.2, 0) is 11.3 Å². The van der Waals surface area contributed by atoms with Gasteiger partial charge in [-0.1, -0.05) is 43.0 Å². The summed E-state index contributed by atoms with van der Waals surface area (Å²) in [5, 5.41) is 0. The second kappa shape index (κ2) is 5.91. The number of rotatable bonds is 4. The van der Waals surface area contributed by atoms with E-state index in [9.17, 15) is 4.79 Å². The number of carbonyl (C=O) groups excluding carboxylic acids is 1. The van der Waals surface area contributed by atoms with Gasteiger partial charge in [0.25, 0.3) is 0 Å². The predicted octanol–water partition coefficient (Wildman–Crippen LogP) is 3.12. The van der Waals surface area contributed by atoms with Gasteiger partial charge in [0.15, 0.2) is 0 Å². The van der Waals surface area contributed by atoms with Crippen molar-refractivity contribution >= 4 is 5.91 Å². The minimum Gasteiger partial charge on any atom is -0.312 e. The fourth-order valence-corrected chi connectivity index (χ4v) is 1.51. The van der Waals surface area contributed by atoms with E-state index in [4.69, 9.17) is 0 Å². The fourth-order valence-electron chi connectivity index (χ4n) is 1.51. The zero-order chi connectivity index (χ0) is 12.0. The van der Waals surface area contributed by atoms with Crippen LogP contribution in [0.5, 0.6) is 0 Å². The molecule has 1 aromatic rings. The molecule has 1 amide bonds. The van der Waals surface area contributed by atoms with E-state index in [0.717, 1.165) is 11.3 Å². The van der Waals surface area contributed by atoms with Crippen molar-refractivity contribution in [3.63, 3.8) is 0 Å². The van der Waals surface area contributed by atoms with E-state index in [1.54, 1.807) is 17.9 Å². The number of allylic oxidation sites excluding steroid dienone is 3. The van der Waals surface area contributed by atoms with Gasteiger partial charge < -0.3 is 4.90 Å². The van der Waals surface area contributed by atoms with Crippen molar-refractivity contribution in [3.05, 3.63) is 60.3 Å². The van der Waals surface area contributed by atoms with E-state index >= 15 is 0 Å². The summed E-state index contributed by atoms with van der Waals surface area (Å²) in [5.41, 5.74) is 2.03. The number of hydrogen-bond acceptors (Lipinski definition) is 1. The first-order valence-electron chi connectivity index (χ1n) is 5.26. The summed E-state index contributed by atoms with van der Waals surface area (Å²) in [6, 6.07) is 9.93. The maximum atomic E-state index is 11.5. The number of amides is 1. The second-order valence-corrected chi connectivity index (χ2v) is 3.63. The predicted molar refractivity (Wildman–Crippen MR) is 66.6 cm³/mol. The standard InChI is InChI=1S/C14H17NO/c1-4-8-12(2)15(13(3)16)11-14-9-6-5-7-10-14/h4-10H,1,11H2,2-3H3/b12-8-. The van der Waals surface area contributed by atoms with E-state index in [1.807, 2.05) is 43.3 Å². The number of nitrogens with zero attached hydrogens (tertiary/aromatic N) is 1. The fraction of sp³-hybridized carbons (Fsp3) is 0.214. The van der Waals surface area contributed by atoms with Gasteiger partial charge in [-0.15, -0.1) is 0 Å². The number of benzene rings is 1. The lowest BCUT2D eigenvalue weighted by molar-refractivity contribution is -0.127. The summed E-state index contributed by atoms with van der Waals surface area (Å²) >= 11 is 0. The van der Waals surface area contributed by atoms with Crippen LogP contribution in [0.2, 0.25) is 0 Å². The summed E-state index contributed by atoms with van der Waals surface area (Å²) in [7, 11) is 0. The highest BCUT2D eigenvalue weighted by Gasteiger charge is 2.10. The van der Waals surface area contributed by atoms with E-state index in [0.29, 0.717) is 6.54 Å². The van der Waals surface area contributed by atoms with Crippen molar-refractivity contribution in [1.29, 1.82) is 0 Å². The number of hydrogen-bond donors (Lipinski definition) is 0. The molecular formula is C14H17NO. The summed E-state index contributed by atoms with van der Waals surface area (Å²) in [4.78, 5) is 13.2. The lowest BCUT2D eigenvalue weighted by Gasteiger charge is -2.21. The SMILES string of the molecule is C=C/C=C(/C)N(Cc1ccccc1)C(C)=O. The van der Waals surface area contributed by atoms with Gasteiger partial charge in [0, 0.05) is 12.6 Å². The van der Waals surface area contributed by atoms with Crippen LogP contribution in [0.4, 0.5) is 0 Å². The van der Waals surface area contributed by atoms with Crippen molar-refractivity contribution in [1.82, 2.24) is 4.90 Å². The van der Waals surface area contributed by atoms with Crippen LogP contribution in [0.25, 0.3) is 0 Å². The maximum absolute atomic E-state index is 11.5. The molecule has 0 saturated carbocycles. The van der Waals surface area contributed by atoms with Crippen molar-refractivity contribution in [2.75, 3.05) is 0 Å². The van der Waals surface area contributed by atoms with Gasteiger partial charge in [-0.25, -0.2) is 0 Å². The van der Waals surface area contributed by atoms with Gasteiger partial charge in [0.1, 0.15) is 0 Å². The maximum Gasteiger partial charge on any atom is 0.223 e. The first-order chi connectivity index (χ1) is 7.65. The molecule has 0 saturated heterocycles. The molecule has 2 heteroatoms.